The number of para-hydroxylation sites is 1. The molecule has 2 aromatic heterocycles. The van der Waals surface area contributed by atoms with Crippen LogP contribution in [0.3, 0.4) is 0 Å². The maximum absolute atomic E-state index is 13.5. The molecule has 0 spiro atoms. The molecular weight excluding hydrogens is 353 g/mol. The van der Waals surface area contributed by atoms with E-state index in [1.54, 1.807) is 12.1 Å². The molecule has 0 bridgehead atoms. The van der Waals surface area contributed by atoms with Gasteiger partial charge < -0.3 is 4.74 Å². The second kappa shape index (κ2) is 6.54. The molecule has 2 heterocycles. The summed E-state index contributed by atoms with van der Waals surface area (Å²) in [5.74, 6) is -0.557. The molecule has 0 amide bonds. The van der Waals surface area contributed by atoms with Gasteiger partial charge in [0.2, 0.25) is 0 Å². The third-order valence-electron chi connectivity index (χ3n) is 2.90. The molecule has 24 heavy (non-hydrogen) atoms. The van der Waals surface area contributed by atoms with Gasteiger partial charge in [-0.25, -0.2) is 22.8 Å². The Bertz CT molecular complexity index is 956. The summed E-state index contributed by atoms with van der Waals surface area (Å²) in [6, 6.07) is 9.00. The van der Waals surface area contributed by atoms with Crippen LogP contribution in [0.4, 0.5) is 10.1 Å². The predicted octanol–water partition coefficient (Wildman–Crippen LogP) is 3.58. The van der Waals surface area contributed by atoms with Crippen LogP contribution in [0.2, 0.25) is 0 Å². The molecule has 124 valence electrons. The first-order valence-corrected chi connectivity index (χ1v) is 9.08. The predicted molar refractivity (Wildman–Crippen MR) is 88.4 cm³/mol. The second-order valence-electron chi connectivity index (χ2n) is 4.76. The molecule has 1 aromatic carbocycles. The van der Waals surface area contributed by atoms with E-state index >= 15 is 0 Å². The summed E-state index contributed by atoms with van der Waals surface area (Å²) in [5, 5.41) is 0. The quantitative estimate of drug-likeness (QED) is 0.747. The van der Waals surface area contributed by atoms with Crippen molar-refractivity contribution in [3.05, 3.63) is 59.5 Å². The number of halogens is 1. The van der Waals surface area contributed by atoms with Crippen molar-refractivity contribution in [2.75, 3.05) is 4.72 Å². The van der Waals surface area contributed by atoms with Gasteiger partial charge in [-0.1, -0.05) is 12.1 Å². The van der Waals surface area contributed by atoms with Crippen molar-refractivity contribution in [1.29, 1.82) is 0 Å². The standard InChI is InChI=1S/C15H12FN3O3S2/c1-10-6-7-14(23-10)24(20,21)19-11-8-17-15(18-9-11)22-13-5-3-2-4-12(13)16/h2-9,19H,1H3. The Morgan fingerprint density at radius 3 is 2.46 bits per heavy atom. The molecule has 0 radical (unpaired) electrons. The number of anilines is 1. The molecule has 3 aromatic rings. The molecule has 0 unspecified atom stereocenters. The van der Waals surface area contributed by atoms with Crippen LogP contribution in [0.5, 0.6) is 11.8 Å². The zero-order chi connectivity index (χ0) is 17.2. The molecule has 0 aliphatic heterocycles. The van der Waals surface area contributed by atoms with Crippen LogP contribution in [0, 0.1) is 12.7 Å². The lowest BCUT2D eigenvalue weighted by Crippen LogP contribution is -2.12. The number of aromatic nitrogens is 2. The van der Waals surface area contributed by atoms with E-state index < -0.39 is 15.8 Å². The number of ether oxygens (including phenoxy) is 1. The molecule has 0 saturated heterocycles. The van der Waals surface area contributed by atoms with Gasteiger partial charge in [0.05, 0.1) is 18.1 Å². The normalized spacial score (nSPS) is 11.2. The van der Waals surface area contributed by atoms with Crippen molar-refractivity contribution in [3.8, 4) is 11.8 Å². The van der Waals surface area contributed by atoms with E-state index in [0.717, 1.165) is 16.2 Å². The zero-order valence-corrected chi connectivity index (χ0v) is 14.1. The fraction of sp³-hybridized carbons (Fsp3) is 0.0667. The minimum absolute atomic E-state index is 0.0140. The summed E-state index contributed by atoms with van der Waals surface area (Å²) in [6.45, 7) is 1.82. The Labute approximate surface area is 142 Å². The van der Waals surface area contributed by atoms with Gasteiger partial charge in [-0.3, -0.25) is 4.72 Å². The van der Waals surface area contributed by atoms with E-state index in [-0.39, 0.29) is 21.7 Å². The van der Waals surface area contributed by atoms with Crippen molar-refractivity contribution in [1.82, 2.24) is 9.97 Å². The Balaban J connectivity index is 1.74. The van der Waals surface area contributed by atoms with Crippen molar-refractivity contribution in [2.45, 2.75) is 11.1 Å². The third kappa shape index (κ3) is 3.69. The van der Waals surface area contributed by atoms with Gasteiger partial charge in [0.25, 0.3) is 10.0 Å². The molecule has 0 aliphatic carbocycles. The maximum Gasteiger partial charge on any atom is 0.322 e. The lowest BCUT2D eigenvalue weighted by Gasteiger charge is -2.07. The maximum atomic E-state index is 13.5. The molecule has 1 N–H and O–H groups in total. The zero-order valence-electron chi connectivity index (χ0n) is 12.4. The first-order chi connectivity index (χ1) is 11.4. The Morgan fingerprint density at radius 1 is 1.12 bits per heavy atom. The number of sulfonamides is 1. The number of nitrogens with zero attached hydrogens (tertiary/aromatic N) is 2. The van der Waals surface area contributed by atoms with Gasteiger partial charge in [-0.2, -0.15) is 0 Å². The summed E-state index contributed by atoms with van der Waals surface area (Å²) in [5.41, 5.74) is 0.182. The average molecular weight is 365 g/mol. The third-order valence-corrected chi connectivity index (χ3v) is 5.77. The van der Waals surface area contributed by atoms with Gasteiger partial charge in [-0.15, -0.1) is 11.3 Å². The first kappa shape index (κ1) is 16.3. The topological polar surface area (TPSA) is 81.2 Å². The second-order valence-corrected chi connectivity index (χ2v) is 7.95. The number of benzene rings is 1. The molecule has 0 saturated carbocycles. The summed E-state index contributed by atoms with van der Waals surface area (Å²) in [7, 11) is -3.68. The number of thiophene rings is 1. The van der Waals surface area contributed by atoms with Gasteiger partial charge in [0, 0.05) is 4.88 Å². The van der Waals surface area contributed by atoms with Crippen LogP contribution in [0.1, 0.15) is 4.88 Å². The summed E-state index contributed by atoms with van der Waals surface area (Å²) >= 11 is 1.16. The van der Waals surface area contributed by atoms with E-state index in [4.69, 9.17) is 4.74 Å². The number of hydrogen-bond donors (Lipinski definition) is 1. The number of hydrogen-bond acceptors (Lipinski definition) is 6. The fourth-order valence-corrected chi connectivity index (χ4v) is 4.12. The fourth-order valence-electron chi connectivity index (χ4n) is 1.81. The highest BCUT2D eigenvalue weighted by Gasteiger charge is 2.17. The highest BCUT2D eigenvalue weighted by atomic mass is 32.2. The van der Waals surface area contributed by atoms with Gasteiger partial charge in [0.15, 0.2) is 11.6 Å². The summed E-state index contributed by atoms with van der Waals surface area (Å²) in [4.78, 5) is 8.64. The van der Waals surface area contributed by atoms with Crippen LogP contribution in [0.15, 0.2) is 53.0 Å². The molecular formula is C15H12FN3O3S2. The van der Waals surface area contributed by atoms with Crippen molar-refractivity contribution in [3.63, 3.8) is 0 Å². The van der Waals surface area contributed by atoms with Crippen LogP contribution in [0.25, 0.3) is 0 Å². The van der Waals surface area contributed by atoms with Crippen LogP contribution in [-0.2, 0) is 10.0 Å². The number of rotatable bonds is 5. The van der Waals surface area contributed by atoms with Crippen molar-refractivity contribution >= 4 is 27.0 Å². The van der Waals surface area contributed by atoms with Crippen molar-refractivity contribution < 1.29 is 17.5 Å². The summed E-state index contributed by atoms with van der Waals surface area (Å²) in [6.07, 6.45) is 2.50. The van der Waals surface area contributed by atoms with E-state index in [2.05, 4.69) is 14.7 Å². The summed E-state index contributed by atoms with van der Waals surface area (Å²) < 4.78 is 45.7. The van der Waals surface area contributed by atoms with Gasteiger partial charge >= 0.3 is 6.01 Å². The molecule has 3 rings (SSSR count). The first-order valence-electron chi connectivity index (χ1n) is 6.78. The minimum Gasteiger partial charge on any atom is -0.421 e. The van der Waals surface area contributed by atoms with E-state index in [1.807, 2.05) is 6.92 Å². The smallest absolute Gasteiger partial charge is 0.322 e. The highest BCUT2D eigenvalue weighted by Crippen LogP contribution is 2.24. The van der Waals surface area contributed by atoms with E-state index in [0.29, 0.717) is 0 Å². The lowest BCUT2D eigenvalue weighted by molar-refractivity contribution is 0.411. The Hall–Kier alpha value is -2.52. The Morgan fingerprint density at radius 2 is 1.83 bits per heavy atom. The Kier molecular flexibility index (Phi) is 4.45. The van der Waals surface area contributed by atoms with Gasteiger partial charge in [-0.05, 0) is 31.2 Å². The molecule has 6 nitrogen and oxygen atoms in total. The van der Waals surface area contributed by atoms with Crippen molar-refractivity contribution in [2.24, 2.45) is 0 Å². The number of nitrogens with one attached hydrogen (secondary N) is 1. The molecule has 9 heteroatoms. The SMILES string of the molecule is Cc1ccc(S(=O)(=O)Nc2cnc(Oc3ccccc3F)nc2)s1. The van der Waals surface area contributed by atoms with Crippen LogP contribution < -0.4 is 9.46 Å². The monoisotopic (exact) mass is 365 g/mol. The number of aryl methyl sites for hydroxylation is 1. The largest absolute Gasteiger partial charge is 0.421 e. The minimum atomic E-state index is -3.68. The highest BCUT2D eigenvalue weighted by molar-refractivity contribution is 7.94. The average Bonchev–Trinajstić information content (AvgIpc) is 2.99. The molecule has 0 aliphatic rings. The van der Waals surface area contributed by atoms with E-state index in [1.165, 1.54) is 36.7 Å². The molecule has 0 fully saturated rings. The van der Waals surface area contributed by atoms with Crippen LogP contribution in [-0.4, -0.2) is 18.4 Å². The lowest BCUT2D eigenvalue weighted by atomic mass is 10.3. The van der Waals surface area contributed by atoms with E-state index in [9.17, 15) is 12.8 Å². The van der Waals surface area contributed by atoms with Gasteiger partial charge in [0.1, 0.15) is 4.21 Å². The molecule has 0 atom stereocenters. The van der Waals surface area contributed by atoms with Crippen LogP contribution >= 0.6 is 11.3 Å².